The molecule has 9 heteroatoms. The van der Waals surface area contributed by atoms with E-state index in [0.717, 1.165) is 49.3 Å². The van der Waals surface area contributed by atoms with Crippen LogP contribution in [-0.4, -0.2) is 66.0 Å². The molecule has 0 spiro atoms. The van der Waals surface area contributed by atoms with Crippen LogP contribution in [0.1, 0.15) is 17.8 Å². The van der Waals surface area contributed by atoms with Crippen LogP contribution in [0.25, 0.3) is 0 Å². The first-order chi connectivity index (χ1) is 13.6. The molecule has 0 bridgehead atoms. The summed E-state index contributed by atoms with van der Waals surface area (Å²) in [5, 5.41) is 10.9. The largest absolute Gasteiger partial charge is 0.497 e. The average molecular weight is 387 g/mol. The Kier molecular flexibility index (Phi) is 6.70. The Balaban J connectivity index is 1.51. The number of hydrogen-bond donors (Lipinski definition) is 2. The maximum atomic E-state index is 5.37. The lowest BCUT2D eigenvalue weighted by atomic mass is 10.2. The van der Waals surface area contributed by atoms with E-state index in [4.69, 9.17) is 9.47 Å². The molecule has 152 valence electrons. The summed E-state index contributed by atoms with van der Waals surface area (Å²) in [6.07, 6.45) is 2.61. The number of aryl methyl sites for hydroxylation is 1. The lowest BCUT2D eigenvalue weighted by Gasteiger charge is -2.19. The van der Waals surface area contributed by atoms with E-state index in [1.54, 1.807) is 32.3 Å². The van der Waals surface area contributed by atoms with Crippen LogP contribution in [0.3, 0.4) is 0 Å². The molecule has 0 amide bonds. The van der Waals surface area contributed by atoms with E-state index in [2.05, 4.69) is 42.7 Å². The molecule has 1 saturated heterocycles. The minimum Gasteiger partial charge on any atom is -0.497 e. The smallest absolute Gasteiger partial charge is 0.191 e. The molecule has 1 fully saturated rings. The molecule has 28 heavy (non-hydrogen) atoms. The summed E-state index contributed by atoms with van der Waals surface area (Å²) in [5.41, 5.74) is 1.18. The summed E-state index contributed by atoms with van der Waals surface area (Å²) in [6, 6.07) is 6.36. The number of benzene rings is 1. The fraction of sp³-hybridized carbons (Fsp3) is 0.526. The Hall–Kier alpha value is -2.81. The fourth-order valence-corrected chi connectivity index (χ4v) is 3.34. The van der Waals surface area contributed by atoms with Crippen molar-refractivity contribution >= 4 is 5.96 Å². The van der Waals surface area contributed by atoms with Gasteiger partial charge < -0.3 is 20.1 Å². The number of likely N-dealkylation sites (tertiary alicyclic amines) is 1. The molecule has 0 aliphatic carbocycles. The van der Waals surface area contributed by atoms with Gasteiger partial charge in [-0.3, -0.25) is 14.6 Å². The van der Waals surface area contributed by atoms with Gasteiger partial charge in [0.25, 0.3) is 0 Å². The summed E-state index contributed by atoms with van der Waals surface area (Å²) in [6.45, 7) is 3.41. The van der Waals surface area contributed by atoms with E-state index in [0.29, 0.717) is 12.6 Å². The van der Waals surface area contributed by atoms with Gasteiger partial charge in [-0.25, -0.2) is 4.98 Å². The van der Waals surface area contributed by atoms with Gasteiger partial charge >= 0.3 is 0 Å². The lowest BCUT2D eigenvalue weighted by Crippen LogP contribution is -2.44. The van der Waals surface area contributed by atoms with E-state index >= 15 is 0 Å². The van der Waals surface area contributed by atoms with Gasteiger partial charge in [-0.1, -0.05) is 0 Å². The fourth-order valence-electron chi connectivity index (χ4n) is 3.34. The van der Waals surface area contributed by atoms with Crippen LogP contribution < -0.4 is 20.1 Å². The third kappa shape index (κ3) is 5.13. The maximum absolute atomic E-state index is 5.37. The highest BCUT2D eigenvalue weighted by Crippen LogP contribution is 2.24. The predicted molar refractivity (Wildman–Crippen MR) is 108 cm³/mol. The Bertz CT molecular complexity index is 783. The SMILES string of the molecule is CN=C(NCc1ncnn1C)NC1CCN(Cc2cc(OC)cc(OC)c2)C1. The van der Waals surface area contributed by atoms with Crippen LogP contribution in [0.5, 0.6) is 11.5 Å². The zero-order valence-electron chi connectivity index (χ0n) is 17.0. The van der Waals surface area contributed by atoms with E-state index in [1.165, 1.54) is 5.56 Å². The molecule has 1 unspecified atom stereocenters. The monoisotopic (exact) mass is 387 g/mol. The molecule has 9 nitrogen and oxygen atoms in total. The van der Waals surface area contributed by atoms with Gasteiger partial charge in [-0.2, -0.15) is 5.10 Å². The molecule has 2 N–H and O–H groups in total. The van der Waals surface area contributed by atoms with Crippen molar-refractivity contribution < 1.29 is 9.47 Å². The quantitative estimate of drug-likeness (QED) is 0.536. The van der Waals surface area contributed by atoms with Gasteiger partial charge in [0.1, 0.15) is 23.7 Å². The molecular weight excluding hydrogens is 358 g/mol. The normalized spacial score (nSPS) is 17.6. The third-order valence-electron chi connectivity index (χ3n) is 4.87. The minimum atomic E-state index is 0.346. The van der Waals surface area contributed by atoms with Gasteiger partial charge in [0.05, 0.1) is 20.8 Å². The molecule has 1 aromatic carbocycles. The van der Waals surface area contributed by atoms with Crippen LogP contribution in [0.15, 0.2) is 29.5 Å². The number of aliphatic imine (C=N–C) groups is 1. The van der Waals surface area contributed by atoms with Crippen molar-refractivity contribution in [1.29, 1.82) is 0 Å². The number of ether oxygens (including phenoxy) is 2. The summed E-state index contributed by atoms with van der Waals surface area (Å²) in [4.78, 5) is 11.0. The zero-order valence-corrected chi connectivity index (χ0v) is 17.0. The average Bonchev–Trinajstić information content (AvgIpc) is 3.33. The number of rotatable bonds is 7. The Morgan fingerprint density at radius 2 is 2.00 bits per heavy atom. The first-order valence-corrected chi connectivity index (χ1v) is 9.35. The first kappa shape index (κ1) is 19.9. The van der Waals surface area contributed by atoms with Gasteiger partial charge in [0.15, 0.2) is 5.96 Å². The number of nitrogens with zero attached hydrogens (tertiary/aromatic N) is 5. The summed E-state index contributed by atoms with van der Waals surface area (Å²) in [5.74, 6) is 3.27. The summed E-state index contributed by atoms with van der Waals surface area (Å²) in [7, 11) is 7.01. The van der Waals surface area contributed by atoms with Crippen molar-refractivity contribution in [2.75, 3.05) is 34.4 Å². The molecule has 1 aliphatic rings. The molecule has 1 atom stereocenters. The number of methoxy groups -OCH3 is 2. The number of hydrogen-bond acceptors (Lipinski definition) is 6. The highest BCUT2D eigenvalue weighted by atomic mass is 16.5. The maximum Gasteiger partial charge on any atom is 0.191 e. The first-order valence-electron chi connectivity index (χ1n) is 9.35. The second-order valence-electron chi connectivity index (χ2n) is 6.81. The number of aromatic nitrogens is 3. The second-order valence-corrected chi connectivity index (χ2v) is 6.81. The molecule has 2 aromatic rings. The van der Waals surface area contributed by atoms with Crippen LogP contribution in [-0.2, 0) is 20.1 Å². The van der Waals surface area contributed by atoms with Crippen molar-refractivity contribution in [3.63, 3.8) is 0 Å². The van der Waals surface area contributed by atoms with Crippen molar-refractivity contribution in [2.24, 2.45) is 12.0 Å². The van der Waals surface area contributed by atoms with Crippen molar-refractivity contribution in [3.05, 3.63) is 35.9 Å². The van der Waals surface area contributed by atoms with Gasteiger partial charge in [-0.05, 0) is 24.1 Å². The zero-order chi connectivity index (χ0) is 19.9. The molecule has 0 radical (unpaired) electrons. The van der Waals surface area contributed by atoms with E-state index in [9.17, 15) is 0 Å². The highest BCUT2D eigenvalue weighted by Gasteiger charge is 2.23. The van der Waals surface area contributed by atoms with Crippen molar-refractivity contribution in [1.82, 2.24) is 30.3 Å². The van der Waals surface area contributed by atoms with Crippen molar-refractivity contribution in [3.8, 4) is 11.5 Å². The second kappa shape index (κ2) is 9.41. The van der Waals surface area contributed by atoms with Crippen LogP contribution in [0.2, 0.25) is 0 Å². The number of nitrogens with one attached hydrogen (secondary N) is 2. The number of guanidine groups is 1. The van der Waals surface area contributed by atoms with Gasteiger partial charge in [0, 0.05) is 45.8 Å². The summed E-state index contributed by atoms with van der Waals surface area (Å²) >= 11 is 0. The van der Waals surface area contributed by atoms with Crippen LogP contribution in [0.4, 0.5) is 0 Å². The van der Waals surface area contributed by atoms with E-state index in [1.807, 2.05) is 13.1 Å². The molecule has 3 rings (SSSR count). The van der Waals surface area contributed by atoms with Gasteiger partial charge in [0.2, 0.25) is 0 Å². The summed E-state index contributed by atoms with van der Waals surface area (Å²) < 4.78 is 12.5. The Labute approximate surface area is 165 Å². The van der Waals surface area contributed by atoms with E-state index in [-0.39, 0.29) is 0 Å². The Morgan fingerprint density at radius 1 is 1.25 bits per heavy atom. The molecule has 2 heterocycles. The molecule has 1 aliphatic heterocycles. The molecular formula is C19H29N7O2. The van der Waals surface area contributed by atoms with Gasteiger partial charge in [-0.15, -0.1) is 0 Å². The predicted octanol–water partition coefficient (Wildman–Crippen LogP) is 0.772. The molecule has 0 saturated carbocycles. The Morgan fingerprint density at radius 3 is 2.61 bits per heavy atom. The van der Waals surface area contributed by atoms with Crippen LogP contribution >= 0.6 is 0 Å². The minimum absolute atomic E-state index is 0.346. The van der Waals surface area contributed by atoms with E-state index < -0.39 is 0 Å². The topological polar surface area (TPSA) is 88.8 Å². The molecule has 1 aromatic heterocycles. The lowest BCUT2D eigenvalue weighted by molar-refractivity contribution is 0.321. The highest BCUT2D eigenvalue weighted by molar-refractivity contribution is 5.79. The van der Waals surface area contributed by atoms with Crippen molar-refractivity contribution in [2.45, 2.75) is 25.6 Å². The third-order valence-corrected chi connectivity index (χ3v) is 4.87. The standard InChI is InChI=1S/C19H29N7O2/c1-20-19(21-10-18-22-13-23-25(18)2)24-15-5-6-26(12-15)11-14-7-16(27-3)9-17(8-14)28-4/h7-9,13,15H,5-6,10-12H2,1-4H3,(H2,20,21,24). The van der Waals surface area contributed by atoms with Crippen LogP contribution in [0, 0.1) is 0 Å².